The number of hydrogen-bond donors (Lipinski definition) is 2. The van der Waals surface area contributed by atoms with Crippen LogP contribution in [0.4, 0.5) is 10.1 Å². The van der Waals surface area contributed by atoms with Crippen molar-refractivity contribution in [1.82, 2.24) is 14.8 Å². The third kappa shape index (κ3) is 5.54. The van der Waals surface area contributed by atoms with E-state index >= 15 is 0 Å². The predicted molar refractivity (Wildman–Crippen MR) is 112 cm³/mol. The van der Waals surface area contributed by atoms with Crippen molar-refractivity contribution in [3.63, 3.8) is 0 Å². The monoisotopic (exact) mass is 398 g/mol. The molecule has 0 aliphatic carbocycles. The molecule has 154 valence electrons. The summed E-state index contributed by atoms with van der Waals surface area (Å²) in [6, 6.07) is 14.1. The minimum absolute atomic E-state index is 0.248. The van der Waals surface area contributed by atoms with E-state index in [-0.39, 0.29) is 11.8 Å². The highest BCUT2D eigenvalue weighted by molar-refractivity contribution is 5.60. The van der Waals surface area contributed by atoms with Crippen molar-refractivity contribution in [3.8, 4) is 23.1 Å². The first-order chi connectivity index (χ1) is 14.0. The molecule has 0 saturated heterocycles. The Morgan fingerprint density at radius 1 is 1.17 bits per heavy atom. The van der Waals surface area contributed by atoms with Gasteiger partial charge in [-0.15, -0.1) is 5.10 Å². The minimum Gasteiger partial charge on any atom is -0.462 e. The molecule has 3 rings (SSSR count). The first-order valence-corrected chi connectivity index (χ1v) is 9.84. The molecule has 29 heavy (non-hydrogen) atoms. The molecule has 0 bridgehead atoms. The maximum atomic E-state index is 13.8. The molecule has 2 N–H and O–H groups in total. The number of halogens is 1. The maximum Gasteiger partial charge on any atom is 0.336 e. The van der Waals surface area contributed by atoms with Gasteiger partial charge < -0.3 is 15.2 Å². The quantitative estimate of drug-likeness (QED) is 0.563. The van der Waals surface area contributed by atoms with Crippen LogP contribution in [0.15, 0.2) is 48.5 Å². The Bertz CT molecular complexity index is 942. The lowest BCUT2D eigenvalue weighted by atomic mass is 10.2. The van der Waals surface area contributed by atoms with Crippen molar-refractivity contribution in [2.24, 2.45) is 5.92 Å². The Balaban J connectivity index is 1.96. The SMILES string of the molecule is CCC(O)CNc1cccc(-n2nc(OCC(C)C)nc2-c2cccc(F)c2)c1. The molecule has 1 atom stereocenters. The number of aliphatic hydroxyl groups excluding tert-OH is 1. The van der Waals surface area contributed by atoms with Crippen LogP contribution in [0.25, 0.3) is 17.1 Å². The van der Waals surface area contributed by atoms with Crippen LogP contribution in [0.3, 0.4) is 0 Å². The van der Waals surface area contributed by atoms with Crippen molar-refractivity contribution >= 4 is 5.69 Å². The van der Waals surface area contributed by atoms with Crippen molar-refractivity contribution in [2.75, 3.05) is 18.5 Å². The van der Waals surface area contributed by atoms with Gasteiger partial charge in [0.1, 0.15) is 5.82 Å². The van der Waals surface area contributed by atoms with Crippen LogP contribution in [-0.4, -0.2) is 39.1 Å². The number of anilines is 1. The van der Waals surface area contributed by atoms with Gasteiger partial charge in [-0.1, -0.05) is 39.0 Å². The smallest absolute Gasteiger partial charge is 0.336 e. The lowest BCUT2D eigenvalue weighted by Gasteiger charge is -2.12. The number of benzene rings is 2. The molecule has 0 fully saturated rings. The van der Waals surface area contributed by atoms with Crippen LogP contribution < -0.4 is 10.1 Å². The number of nitrogens with one attached hydrogen (secondary N) is 1. The van der Waals surface area contributed by atoms with E-state index < -0.39 is 6.10 Å². The molecule has 0 radical (unpaired) electrons. The fourth-order valence-electron chi connectivity index (χ4n) is 2.72. The van der Waals surface area contributed by atoms with E-state index in [1.54, 1.807) is 16.8 Å². The van der Waals surface area contributed by atoms with Gasteiger partial charge in [0.2, 0.25) is 0 Å². The summed E-state index contributed by atoms with van der Waals surface area (Å²) in [6.45, 7) is 6.97. The van der Waals surface area contributed by atoms with E-state index in [9.17, 15) is 9.50 Å². The number of ether oxygens (including phenoxy) is 1. The molecule has 0 aliphatic rings. The average molecular weight is 398 g/mol. The Morgan fingerprint density at radius 2 is 1.97 bits per heavy atom. The number of aromatic nitrogens is 3. The Labute approximate surface area is 170 Å². The first kappa shape index (κ1) is 20.8. The predicted octanol–water partition coefficient (Wildman–Crippen LogP) is 4.29. The second-order valence-electron chi connectivity index (χ2n) is 7.34. The second-order valence-corrected chi connectivity index (χ2v) is 7.34. The summed E-state index contributed by atoms with van der Waals surface area (Å²) in [5.41, 5.74) is 2.21. The largest absolute Gasteiger partial charge is 0.462 e. The van der Waals surface area contributed by atoms with Crippen molar-refractivity contribution in [3.05, 3.63) is 54.3 Å². The summed E-state index contributed by atoms with van der Waals surface area (Å²) in [4.78, 5) is 4.49. The Morgan fingerprint density at radius 3 is 2.69 bits per heavy atom. The lowest BCUT2D eigenvalue weighted by Crippen LogP contribution is -2.18. The van der Waals surface area contributed by atoms with E-state index in [1.165, 1.54) is 12.1 Å². The van der Waals surface area contributed by atoms with Gasteiger partial charge in [0.25, 0.3) is 0 Å². The summed E-state index contributed by atoms with van der Waals surface area (Å²) in [5, 5.41) is 17.5. The van der Waals surface area contributed by atoms with Gasteiger partial charge in [-0.3, -0.25) is 0 Å². The Kier molecular flexibility index (Phi) is 6.82. The summed E-state index contributed by atoms with van der Waals surface area (Å²) in [5.74, 6) is 0.483. The number of hydrogen-bond acceptors (Lipinski definition) is 5. The third-order valence-corrected chi connectivity index (χ3v) is 4.32. The van der Waals surface area contributed by atoms with Crippen LogP contribution >= 0.6 is 0 Å². The van der Waals surface area contributed by atoms with Crippen LogP contribution in [0.5, 0.6) is 6.01 Å². The minimum atomic E-state index is -0.413. The highest BCUT2D eigenvalue weighted by Crippen LogP contribution is 2.25. The summed E-state index contributed by atoms with van der Waals surface area (Å²) in [7, 11) is 0. The summed E-state index contributed by atoms with van der Waals surface area (Å²) in [6.07, 6.45) is 0.264. The highest BCUT2D eigenvalue weighted by atomic mass is 19.1. The third-order valence-electron chi connectivity index (χ3n) is 4.32. The molecule has 0 saturated carbocycles. The van der Waals surface area contributed by atoms with Crippen LogP contribution in [-0.2, 0) is 0 Å². The topological polar surface area (TPSA) is 72.2 Å². The fourth-order valence-corrected chi connectivity index (χ4v) is 2.72. The van der Waals surface area contributed by atoms with E-state index in [4.69, 9.17) is 4.74 Å². The average Bonchev–Trinajstić information content (AvgIpc) is 3.15. The van der Waals surface area contributed by atoms with Crippen molar-refractivity contribution < 1.29 is 14.2 Å². The second kappa shape index (κ2) is 9.52. The molecule has 0 aliphatic heterocycles. The first-order valence-electron chi connectivity index (χ1n) is 9.84. The molecule has 1 unspecified atom stereocenters. The molecule has 1 heterocycles. The molecule has 0 amide bonds. The van der Waals surface area contributed by atoms with Gasteiger partial charge in [-0.25, -0.2) is 9.07 Å². The zero-order valence-corrected chi connectivity index (χ0v) is 17.0. The normalized spacial score (nSPS) is 12.2. The fraction of sp³-hybridized carbons (Fsp3) is 0.364. The molecule has 6 nitrogen and oxygen atoms in total. The molecular weight excluding hydrogens is 371 g/mol. The van der Waals surface area contributed by atoms with Gasteiger partial charge in [0.05, 0.1) is 18.4 Å². The Hall–Kier alpha value is -2.93. The van der Waals surface area contributed by atoms with Crippen molar-refractivity contribution in [2.45, 2.75) is 33.3 Å². The number of nitrogens with zero attached hydrogens (tertiary/aromatic N) is 3. The van der Waals surface area contributed by atoms with Crippen LogP contribution in [0, 0.1) is 11.7 Å². The molecular formula is C22H27FN4O2. The van der Waals surface area contributed by atoms with Gasteiger partial charge in [0, 0.05) is 17.8 Å². The zero-order chi connectivity index (χ0) is 20.8. The van der Waals surface area contributed by atoms with E-state index in [0.717, 1.165) is 11.4 Å². The van der Waals surface area contributed by atoms with Gasteiger partial charge in [0.15, 0.2) is 5.82 Å². The summed E-state index contributed by atoms with van der Waals surface area (Å²) < 4.78 is 21.1. The van der Waals surface area contributed by atoms with Crippen molar-refractivity contribution in [1.29, 1.82) is 0 Å². The molecule has 7 heteroatoms. The number of aliphatic hydroxyl groups is 1. The summed E-state index contributed by atoms with van der Waals surface area (Å²) >= 11 is 0. The molecule has 3 aromatic rings. The van der Waals surface area contributed by atoms with Crippen LogP contribution in [0.2, 0.25) is 0 Å². The van der Waals surface area contributed by atoms with Gasteiger partial charge in [-0.2, -0.15) is 4.98 Å². The van der Waals surface area contributed by atoms with E-state index in [1.807, 2.05) is 45.0 Å². The maximum absolute atomic E-state index is 13.8. The number of rotatable bonds is 9. The van der Waals surface area contributed by atoms with Gasteiger partial charge in [-0.05, 0) is 42.7 Å². The van der Waals surface area contributed by atoms with E-state index in [2.05, 4.69) is 15.4 Å². The van der Waals surface area contributed by atoms with Gasteiger partial charge >= 0.3 is 6.01 Å². The lowest BCUT2D eigenvalue weighted by molar-refractivity contribution is 0.183. The zero-order valence-electron chi connectivity index (χ0n) is 17.0. The molecule has 1 aromatic heterocycles. The standard InChI is InChI=1S/C22H27FN4O2/c1-4-20(28)13-24-18-9-6-10-19(12-18)27-21(16-7-5-8-17(23)11-16)25-22(26-27)29-14-15(2)3/h5-12,15,20,24,28H,4,13-14H2,1-3H3. The molecule has 2 aromatic carbocycles. The van der Waals surface area contributed by atoms with Crippen LogP contribution in [0.1, 0.15) is 27.2 Å². The highest BCUT2D eigenvalue weighted by Gasteiger charge is 2.16. The molecule has 0 spiro atoms. The van der Waals surface area contributed by atoms with E-state index in [0.29, 0.717) is 36.9 Å².